The molecule has 26 heavy (non-hydrogen) atoms. The van der Waals surface area contributed by atoms with Gasteiger partial charge >= 0.3 is 0 Å². The van der Waals surface area contributed by atoms with Gasteiger partial charge in [-0.15, -0.1) is 0 Å². The molecule has 1 atom stereocenters. The zero-order valence-electron chi connectivity index (χ0n) is 14.5. The van der Waals surface area contributed by atoms with Crippen LogP contribution in [0.15, 0.2) is 48.7 Å². The largest absolute Gasteiger partial charge is 0.491 e. The number of aromatic amines is 1. The van der Waals surface area contributed by atoms with E-state index in [0.29, 0.717) is 29.3 Å². The molecule has 0 aliphatic heterocycles. The van der Waals surface area contributed by atoms with E-state index in [1.54, 1.807) is 44.3 Å². The third-order valence-electron chi connectivity index (χ3n) is 3.85. The summed E-state index contributed by atoms with van der Waals surface area (Å²) >= 11 is 0. The van der Waals surface area contributed by atoms with E-state index >= 15 is 0 Å². The smallest absolute Gasteiger partial charge is 0.269 e. The lowest BCUT2D eigenvalue weighted by molar-refractivity contribution is 0.0934. The minimum Gasteiger partial charge on any atom is -0.491 e. The number of H-pyrrole nitrogens is 1. The van der Waals surface area contributed by atoms with Crippen molar-refractivity contribution >= 4 is 5.91 Å². The van der Waals surface area contributed by atoms with Crippen molar-refractivity contribution in [1.82, 2.24) is 20.5 Å². The van der Waals surface area contributed by atoms with Gasteiger partial charge in [-0.05, 0) is 49.7 Å². The molecule has 0 saturated heterocycles. The van der Waals surface area contributed by atoms with E-state index in [1.807, 2.05) is 12.1 Å². The topological polar surface area (TPSA) is 79.9 Å². The van der Waals surface area contributed by atoms with Crippen LogP contribution in [0.3, 0.4) is 0 Å². The fraction of sp³-hybridized carbons (Fsp3) is 0.211. The van der Waals surface area contributed by atoms with E-state index < -0.39 is 5.82 Å². The number of nitrogens with zero attached hydrogens (tertiary/aromatic N) is 2. The Morgan fingerprint density at radius 2 is 2.12 bits per heavy atom. The number of nitrogens with one attached hydrogen (secondary N) is 2. The second-order valence-corrected chi connectivity index (χ2v) is 5.70. The van der Waals surface area contributed by atoms with Gasteiger partial charge in [0.05, 0.1) is 18.3 Å². The number of halogens is 1. The maximum absolute atomic E-state index is 14.0. The van der Waals surface area contributed by atoms with Crippen molar-refractivity contribution < 1.29 is 13.9 Å². The van der Waals surface area contributed by atoms with E-state index in [4.69, 9.17) is 4.74 Å². The van der Waals surface area contributed by atoms with Gasteiger partial charge in [-0.3, -0.25) is 14.9 Å². The summed E-state index contributed by atoms with van der Waals surface area (Å²) < 4.78 is 19.2. The first-order valence-electron chi connectivity index (χ1n) is 8.28. The predicted molar refractivity (Wildman–Crippen MR) is 95.3 cm³/mol. The summed E-state index contributed by atoms with van der Waals surface area (Å²) in [6, 6.07) is 11.4. The standard InChI is InChI=1S/C19H19FN4O2/c1-3-26-18-8-7-13(10-14(18)20)12(2)22-19(25)17-11-16(23-24-17)15-6-4-5-9-21-15/h4-12H,3H2,1-2H3,(H,22,25)(H,23,24)/t12-/m1/s1. The molecule has 1 aromatic carbocycles. The number of ether oxygens (including phenoxy) is 1. The number of hydrogen-bond donors (Lipinski definition) is 2. The normalized spacial score (nSPS) is 11.8. The monoisotopic (exact) mass is 354 g/mol. The number of pyridine rings is 1. The lowest BCUT2D eigenvalue weighted by Crippen LogP contribution is -2.27. The van der Waals surface area contributed by atoms with Crippen molar-refractivity contribution in [2.75, 3.05) is 6.61 Å². The molecule has 2 N–H and O–H groups in total. The van der Waals surface area contributed by atoms with Crippen LogP contribution in [0, 0.1) is 5.82 Å². The molecule has 0 aliphatic rings. The molecule has 0 unspecified atom stereocenters. The molecule has 0 fully saturated rings. The number of benzene rings is 1. The van der Waals surface area contributed by atoms with Crippen LogP contribution in [0.1, 0.15) is 35.9 Å². The Kier molecular flexibility index (Phi) is 5.26. The summed E-state index contributed by atoms with van der Waals surface area (Å²) in [6.07, 6.45) is 1.66. The van der Waals surface area contributed by atoms with Crippen molar-refractivity contribution in [1.29, 1.82) is 0 Å². The highest BCUT2D eigenvalue weighted by Gasteiger charge is 2.16. The minimum atomic E-state index is -0.454. The molecule has 1 amide bonds. The van der Waals surface area contributed by atoms with Crippen LogP contribution < -0.4 is 10.1 Å². The molecule has 6 nitrogen and oxygen atoms in total. The second kappa shape index (κ2) is 7.77. The summed E-state index contributed by atoms with van der Waals surface area (Å²) in [4.78, 5) is 16.6. The van der Waals surface area contributed by atoms with Crippen LogP contribution in [-0.2, 0) is 0 Å². The Hall–Kier alpha value is -3.22. The van der Waals surface area contributed by atoms with Crippen molar-refractivity contribution in [2.24, 2.45) is 0 Å². The molecule has 0 radical (unpaired) electrons. The summed E-state index contributed by atoms with van der Waals surface area (Å²) in [7, 11) is 0. The van der Waals surface area contributed by atoms with Gasteiger partial charge in [0.2, 0.25) is 0 Å². The van der Waals surface area contributed by atoms with Gasteiger partial charge in [-0.25, -0.2) is 4.39 Å². The molecule has 3 aromatic rings. The van der Waals surface area contributed by atoms with E-state index in [9.17, 15) is 9.18 Å². The van der Waals surface area contributed by atoms with Gasteiger partial charge in [-0.1, -0.05) is 12.1 Å². The third kappa shape index (κ3) is 3.88. The highest BCUT2D eigenvalue weighted by atomic mass is 19.1. The Balaban J connectivity index is 1.70. The third-order valence-corrected chi connectivity index (χ3v) is 3.85. The van der Waals surface area contributed by atoms with E-state index in [2.05, 4.69) is 20.5 Å². The second-order valence-electron chi connectivity index (χ2n) is 5.70. The first kappa shape index (κ1) is 17.6. The molecule has 134 valence electrons. The maximum Gasteiger partial charge on any atom is 0.269 e. The highest BCUT2D eigenvalue weighted by molar-refractivity contribution is 5.93. The van der Waals surface area contributed by atoms with Gasteiger partial charge in [0.15, 0.2) is 11.6 Å². The predicted octanol–water partition coefficient (Wildman–Crippen LogP) is 3.50. The zero-order chi connectivity index (χ0) is 18.5. The Bertz CT molecular complexity index is 896. The van der Waals surface area contributed by atoms with Crippen LogP contribution in [0.5, 0.6) is 5.75 Å². The molecule has 7 heteroatoms. The molecular formula is C19H19FN4O2. The molecule has 0 bridgehead atoms. The Morgan fingerprint density at radius 3 is 2.81 bits per heavy atom. The van der Waals surface area contributed by atoms with E-state index in [0.717, 1.165) is 0 Å². The Labute approximate surface area is 150 Å². The fourth-order valence-corrected chi connectivity index (χ4v) is 2.50. The van der Waals surface area contributed by atoms with Crippen LogP contribution in [0.25, 0.3) is 11.4 Å². The highest BCUT2D eigenvalue weighted by Crippen LogP contribution is 2.22. The maximum atomic E-state index is 14.0. The Morgan fingerprint density at radius 1 is 1.27 bits per heavy atom. The molecule has 2 aromatic heterocycles. The zero-order valence-corrected chi connectivity index (χ0v) is 14.5. The average molecular weight is 354 g/mol. The average Bonchev–Trinajstić information content (AvgIpc) is 3.14. The first-order valence-corrected chi connectivity index (χ1v) is 8.28. The number of aromatic nitrogens is 3. The quantitative estimate of drug-likeness (QED) is 0.710. The molecule has 3 rings (SSSR count). The van der Waals surface area contributed by atoms with E-state index in [-0.39, 0.29) is 17.7 Å². The number of amides is 1. The van der Waals surface area contributed by atoms with Crippen LogP contribution in [0.4, 0.5) is 4.39 Å². The van der Waals surface area contributed by atoms with Crippen molar-refractivity contribution in [3.05, 3.63) is 65.7 Å². The van der Waals surface area contributed by atoms with E-state index in [1.165, 1.54) is 6.07 Å². The minimum absolute atomic E-state index is 0.198. The van der Waals surface area contributed by atoms with Crippen LogP contribution >= 0.6 is 0 Å². The molecule has 2 heterocycles. The lowest BCUT2D eigenvalue weighted by Gasteiger charge is -2.15. The van der Waals surface area contributed by atoms with Crippen molar-refractivity contribution in [2.45, 2.75) is 19.9 Å². The number of hydrogen-bond acceptors (Lipinski definition) is 4. The number of rotatable bonds is 6. The first-order chi connectivity index (χ1) is 12.6. The number of carbonyl (C=O) groups excluding carboxylic acids is 1. The molecular weight excluding hydrogens is 335 g/mol. The van der Waals surface area contributed by atoms with Crippen LogP contribution in [-0.4, -0.2) is 27.7 Å². The summed E-state index contributed by atoms with van der Waals surface area (Å²) in [5.74, 6) is -0.589. The summed E-state index contributed by atoms with van der Waals surface area (Å²) in [6.45, 7) is 3.96. The van der Waals surface area contributed by atoms with Crippen molar-refractivity contribution in [3.8, 4) is 17.1 Å². The fourth-order valence-electron chi connectivity index (χ4n) is 2.50. The summed E-state index contributed by atoms with van der Waals surface area (Å²) in [5.41, 5.74) is 2.20. The molecule has 0 saturated carbocycles. The van der Waals surface area contributed by atoms with Gasteiger partial charge < -0.3 is 10.1 Å². The molecule has 0 spiro atoms. The molecule has 0 aliphatic carbocycles. The van der Waals surface area contributed by atoms with Gasteiger partial charge in [0, 0.05) is 6.20 Å². The summed E-state index contributed by atoms with van der Waals surface area (Å²) in [5, 5.41) is 9.63. The number of carbonyl (C=O) groups is 1. The van der Waals surface area contributed by atoms with Crippen molar-refractivity contribution in [3.63, 3.8) is 0 Å². The van der Waals surface area contributed by atoms with Crippen LogP contribution in [0.2, 0.25) is 0 Å². The SMILES string of the molecule is CCOc1ccc([C@@H](C)NC(=O)c2cc(-c3ccccn3)n[nH]2)cc1F. The lowest BCUT2D eigenvalue weighted by atomic mass is 10.1. The van der Waals surface area contributed by atoms with Gasteiger partial charge in [0.1, 0.15) is 11.4 Å². The van der Waals surface area contributed by atoms with Gasteiger partial charge in [-0.2, -0.15) is 5.10 Å². The van der Waals surface area contributed by atoms with Gasteiger partial charge in [0.25, 0.3) is 5.91 Å².